The monoisotopic (exact) mass is 253 g/mol. The molecule has 5 nitrogen and oxygen atoms in total. The van der Waals surface area contributed by atoms with Crippen molar-refractivity contribution in [3.05, 3.63) is 48.2 Å². The molecule has 1 N–H and O–H groups in total. The van der Waals surface area contributed by atoms with Gasteiger partial charge in [0.05, 0.1) is 0 Å². The lowest BCUT2D eigenvalue weighted by Gasteiger charge is -2.07. The van der Waals surface area contributed by atoms with Gasteiger partial charge in [-0.1, -0.05) is 24.3 Å². The highest BCUT2D eigenvalue weighted by Gasteiger charge is 2.11. The first kappa shape index (κ1) is 11.8. The molecular formula is C14H15N5. The van der Waals surface area contributed by atoms with E-state index < -0.39 is 0 Å². The zero-order valence-corrected chi connectivity index (χ0v) is 10.7. The summed E-state index contributed by atoms with van der Waals surface area (Å²) in [5.74, 6) is 0.794. The Bertz CT molecular complexity index is 689. The van der Waals surface area contributed by atoms with Gasteiger partial charge in [-0.3, -0.25) is 0 Å². The van der Waals surface area contributed by atoms with Gasteiger partial charge in [0.1, 0.15) is 0 Å². The van der Waals surface area contributed by atoms with Crippen molar-refractivity contribution in [2.24, 2.45) is 0 Å². The molecule has 0 aliphatic rings. The Balaban J connectivity index is 2.11. The largest absolute Gasteiger partial charge is 0.319 e. The van der Waals surface area contributed by atoms with Crippen LogP contribution in [0.25, 0.3) is 17.0 Å². The van der Waals surface area contributed by atoms with Gasteiger partial charge in [0, 0.05) is 11.8 Å². The summed E-state index contributed by atoms with van der Waals surface area (Å²) in [6.45, 7) is 0.932. The van der Waals surface area contributed by atoms with E-state index in [-0.39, 0.29) is 0 Å². The molecule has 0 radical (unpaired) electrons. The van der Waals surface area contributed by atoms with E-state index >= 15 is 0 Å². The number of aromatic nitrogens is 4. The third kappa shape index (κ3) is 2.20. The molecular weight excluding hydrogens is 238 g/mol. The predicted molar refractivity (Wildman–Crippen MR) is 73.8 cm³/mol. The SMILES string of the molecule is CNCCc1ccccc1-c1nnc2cccnn12. The number of rotatable bonds is 4. The molecule has 2 heterocycles. The lowest BCUT2D eigenvalue weighted by Crippen LogP contribution is -2.11. The Morgan fingerprint density at radius 1 is 1.11 bits per heavy atom. The van der Waals surface area contributed by atoms with Crippen LogP contribution < -0.4 is 5.32 Å². The molecule has 19 heavy (non-hydrogen) atoms. The van der Waals surface area contributed by atoms with Crippen LogP contribution in [-0.4, -0.2) is 33.4 Å². The van der Waals surface area contributed by atoms with Crippen molar-refractivity contribution in [1.82, 2.24) is 25.1 Å². The van der Waals surface area contributed by atoms with Gasteiger partial charge in [0.15, 0.2) is 11.5 Å². The molecule has 2 aromatic heterocycles. The van der Waals surface area contributed by atoms with Gasteiger partial charge in [-0.15, -0.1) is 10.2 Å². The van der Waals surface area contributed by atoms with E-state index in [9.17, 15) is 0 Å². The van der Waals surface area contributed by atoms with Crippen molar-refractivity contribution >= 4 is 5.65 Å². The van der Waals surface area contributed by atoms with Crippen molar-refractivity contribution in [2.75, 3.05) is 13.6 Å². The maximum absolute atomic E-state index is 4.31. The van der Waals surface area contributed by atoms with Crippen LogP contribution in [0.15, 0.2) is 42.6 Å². The number of hydrogen-bond donors (Lipinski definition) is 1. The minimum Gasteiger partial charge on any atom is -0.319 e. The summed E-state index contributed by atoms with van der Waals surface area (Å²) in [6, 6.07) is 12.0. The van der Waals surface area contributed by atoms with Crippen LogP contribution in [0.2, 0.25) is 0 Å². The highest BCUT2D eigenvalue weighted by molar-refractivity contribution is 5.62. The fraction of sp³-hybridized carbons (Fsp3) is 0.214. The highest BCUT2D eigenvalue weighted by atomic mass is 15.4. The van der Waals surface area contributed by atoms with Crippen molar-refractivity contribution in [3.8, 4) is 11.4 Å². The molecule has 0 aliphatic carbocycles. The molecule has 0 saturated carbocycles. The van der Waals surface area contributed by atoms with Gasteiger partial charge in [0.2, 0.25) is 0 Å². The van der Waals surface area contributed by atoms with E-state index in [4.69, 9.17) is 0 Å². The van der Waals surface area contributed by atoms with Crippen LogP contribution in [0.4, 0.5) is 0 Å². The third-order valence-corrected chi connectivity index (χ3v) is 3.08. The van der Waals surface area contributed by atoms with Crippen LogP contribution >= 0.6 is 0 Å². The van der Waals surface area contributed by atoms with Crippen molar-refractivity contribution in [2.45, 2.75) is 6.42 Å². The van der Waals surface area contributed by atoms with Gasteiger partial charge in [-0.2, -0.15) is 9.61 Å². The summed E-state index contributed by atoms with van der Waals surface area (Å²) < 4.78 is 1.78. The minimum absolute atomic E-state index is 0.765. The molecule has 1 aromatic carbocycles. The van der Waals surface area contributed by atoms with Gasteiger partial charge >= 0.3 is 0 Å². The standard InChI is InChI=1S/C14H15N5/c1-15-10-8-11-5-2-3-6-12(11)14-18-17-13-7-4-9-16-19(13)14/h2-7,9,15H,8,10H2,1H3. The second-order valence-electron chi connectivity index (χ2n) is 4.33. The van der Waals surface area contributed by atoms with Crippen LogP contribution in [-0.2, 0) is 6.42 Å². The summed E-state index contributed by atoms with van der Waals surface area (Å²) in [7, 11) is 1.95. The Morgan fingerprint density at radius 2 is 2.00 bits per heavy atom. The van der Waals surface area contributed by atoms with E-state index in [0.717, 1.165) is 30.0 Å². The average Bonchev–Trinajstić information content (AvgIpc) is 2.89. The van der Waals surface area contributed by atoms with Gasteiger partial charge in [-0.05, 0) is 37.7 Å². The predicted octanol–water partition coefficient (Wildman–Crippen LogP) is 1.55. The lowest BCUT2D eigenvalue weighted by atomic mass is 10.0. The van der Waals surface area contributed by atoms with E-state index in [1.807, 2.05) is 31.3 Å². The highest BCUT2D eigenvalue weighted by Crippen LogP contribution is 2.22. The fourth-order valence-corrected chi connectivity index (χ4v) is 2.13. The number of benzene rings is 1. The normalized spacial score (nSPS) is 11.0. The number of likely N-dealkylation sites (N-methyl/N-ethyl adjacent to an activating group) is 1. The molecule has 96 valence electrons. The summed E-state index contributed by atoms with van der Waals surface area (Å²) >= 11 is 0. The maximum Gasteiger partial charge on any atom is 0.185 e. The first-order chi connectivity index (χ1) is 9.40. The third-order valence-electron chi connectivity index (χ3n) is 3.08. The van der Waals surface area contributed by atoms with Crippen LogP contribution in [0.1, 0.15) is 5.56 Å². The Labute approximate surface area is 111 Å². The molecule has 0 spiro atoms. The summed E-state index contributed by atoms with van der Waals surface area (Å²) in [5, 5.41) is 15.9. The summed E-state index contributed by atoms with van der Waals surface area (Å²) in [5.41, 5.74) is 3.10. The Kier molecular flexibility index (Phi) is 3.20. The van der Waals surface area contributed by atoms with Gasteiger partial charge < -0.3 is 5.32 Å². The number of nitrogens with zero attached hydrogens (tertiary/aromatic N) is 4. The van der Waals surface area contributed by atoms with Gasteiger partial charge in [0.25, 0.3) is 0 Å². The molecule has 0 saturated heterocycles. The van der Waals surface area contributed by atoms with Crippen molar-refractivity contribution in [3.63, 3.8) is 0 Å². The second-order valence-corrected chi connectivity index (χ2v) is 4.33. The maximum atomic E-state index is 4.31. The summed E-state index contributed by atoms with van der Waals surface area (Å²) in [4.78, 5) is 0. The number of nitrogens with one attached hydrogen (secondary N) is 1. The first-order valence-electron chi connectivity index (χ1n) is 6.29. The van der Waals surface area contributed by atoms with Crippen molar-refractivity contribution in [1.29, 1.82) is 0 Å². The van der Waals surface area contributed by atoms with Crippen LogP contribution in [0.3, 0.4) is 0 Å². The van der Waals surface area contributed by atoms with Crippen LogP contribution in [0.5, 0.6) is 0 Å². The number of fused-ring (bicyclic) bond motifs is 1. The summed E-state index contributed by atoms with van der Waals surface area (Å²) in [6.07, 6.45) is 2.70. The molecule has 3 rings (SSSR count). The molecule has 0 unspecified atom stereocenters. The Hall–Kier alpha value is -2.27. The molecule has 0 bridgehead atoms. The molecule has 0 amide bonds. The smallest absolute Gasteiger partial charge is 0.185 e. The lowest BCUT2D eigenvalue weighted by molar-refractivity contribution is 0.791. The van der Waals surface area contributed by atoms with Gasteiger partial charge in [-0.25, -0.2) is 0 Å². The van der Waals surface area contributed by atoms with E-state index in [1.54, 1.807) is 10.7 Å². The topological polar surface area (TPSA) is 55.1 Å². The first-order valence-corrected chi connectivity index (χ1v) is 6.29. The van der Waals surface area contributed by atoms with E-state index in [1.165, 1.54) is 5.56 Å². The zero-order valence-electron chi connectivity index (χ0n) is 10.7. The van der Waals surface area contributed by atoms with Crippen LogP contribution in [0, 0.1) is 0 Å². The molecule has 3 aromatic rings. The molecule has 0 fully saturated rings. The van der Waals surface area contributed by atoms with E-state index in [0.29, 0.717) is 0 Å². The molecule has 0 aliphatic heterocycles. The minimum atomic E-state index is 0.765. The molecule has 5 heteroatoms. The zero-order chi connectivity index (χ0) is 13.1. The molecule has 0 atom stereocenters. The van der Waals surface area contributed by atoms with E-state index in [2.05, 4.69) is 32.7 Å². The van der Waals surface area contributed by atoms with Crippen molar-refractivity contribution < 1.29 is 0 Å². The fourth-order valence-electron chi connectivity index (χ4n) is 2.13. The Morgan fingerprint density at radius 3 is 2.89 bits per heavy atom. The average molecular weight is 253 g/mol. The number of hydrogen-bond acceptors (Lipinski definition) is 4. The second kappa shape index (κ2) is 5.16. The quantitative estimate of drug-likeness (QED) is 0.766.